The van der Waals surface area contributed by atoms with E-state index in [1.807, 2.05) is 6.92 Å². The van der Waals surface area contributed by atoms with Crippen LogP contribution in [-0.2, 0) is 9.53 Å². The molecule has 120 valence electrons. The minimum absolute atomic E-state index is 0.278. The maximum absolute atomic E-state index is 11.8. The molecule has 1 amide bonds. The third-order valence-electron chi connectivity index (χ3n) is 3.06. The fourth-order valence-electron chi connectivity index (χ4n) is 1.81. The zero-order valence-electron chi connectivity index (χ0n) is 13.0. The van der Waals surface area contributed by atoms with Crippen molar-refractivity contribution in [1.29, 1.82) is 0 Å². The molecule has 0 fully saturated rings. The molecule has 0 aliphatic rings. The third kappa shape index (κ3) is 5.47. The maximum atomic E-state index is 11.8. The summed E-state index contributed by atoms with van der Waals surface area (Å²) in [6, 6.07) is 10.1. The molecular weight excluding hydrogens is 294 g/mol. The van der Waals surface area contributed by atoms with Crippen molar-refractivity contribution in [2.75, 3.05) is 11.9 Å². The lowest BCUT2D eigenvalue weighted by Gasteiger charge is -2.05. The van der Waals surface area contributed by atoms with Gasteiger partial charge in [-0.25, -0.2) is 4.79 Å². The Kier molecular flexibility index (Phi) is 6.17. The van der Waals surface area contributed by atoms with Gasteiger partial charge in [-0.1, -0.05) is 13.3 Å². The Morgan fingerprint density at radius 1 is 1.22 bits per heavy atom. The van der Waals surface area contributed by atoms with Gasteiger partial charge in [0.2, 0.25) is 5.91 Å². The van der Waals surface area contributed by atoms with Gasteiger partial charge in [-0.15, -0.1) is 0 Å². The molecule has 0 aliphatic carbocycles. The van der Waals surface area contributed by atoms with E-state index in [2.05, 4.69) is 5.32 Å². The molecule has 1 heterocycles. The van der Waals surface area contributed by atoms with E-state index in [1.54, 1.807) is 42.5 Å². The van der Waals surface area contributed by atoms with Gasteiger partial charge in [-0.3, -0.25) is 4.79 Å². The van der Waals surface area contributed by atoms with E-state index < -0.39 is 0 Å². The Morgan fingerprint density at radius 2 is 2.00 bits per heavy atom. The van der Waals surface area contributed by atoms with Gasteiger partial charge in [0.25, 0.3) is 0 Å². The minimum Gasteiger partial charge on any atom is -0.465 e. The fraction of sp³-hybridized carbons (Fsp3) is 0.222. The number of rotatable bonds is 7. The van der Waals surface area contributed by atoms with Crippen LogP contribution in [0.3, 0.4) is 0 Å². The Morgan fingerprint density at radius 3 is 2.65 bits per heavy atom. The number of hydrogen-bond donors (Lipinski definition) is 1. The molecule has 0 atom stereocenters. The number of esters is 1. The number of furan rings is 1. The van der Waals surface area contributed by atoms with Crippen molar-refractivity contribution in [1.82, 2.24) is 0 Å². The van der Waals surface area contributed by atoms with Crippen molar-refractivity contribution >= 4 is 23.6 Å². The number of carbonyl (C=O) groups excluding carboxylic acids is 2. The fourth-order valence-corrected chi connectivity index (χ4v) is 1.81. The van der Waals surface area contributed by atoms with Crippen LogP contribution in [0, 0.1) is 0 Å². The van der Waals surface area contributed by atoms with Crippen LogP contribution in [0.4, 0.5) is 5.69 Å². The van der Waals surface area contributed by atoms with Crippen molar-refractivity contribution in [2.45, 2.75) is 19.8 Å². The molecule has 5 heteroatoms. The Balaban J connectivity index is 1.87. The highest BCUT2D eigenvalue weighted by Gasteiger charge is 2.07. The number of amides is 1. The smallest absolute Gasteiger partial charge is 0.338 e. The number of carbonyl (C=O) groups is 2. The van der Waals surface area contributed by atoms with Crippen molar-refractivity contribution < 1.29 is 18.7 Å². The van der Waals surface area contributed by atoms with E-state index in [0.717, 1.165) is 12.8 Å². The molecule has 1 N–H and O–H groups in total. The van der Waals surface area contributed by atoms with E-state index in [1.165, 1.54) is 12.3 Å². The molecule has 0 bridgehead atoms. The van der Waals surface area contributed by atoms with Crippen LogP contribution in [-0.4, -0.2) is 18.5 Å². The highest BCUT2D eigenvalue weighted by atomic mass is 16.5. The Bertz CT molecular complexity index is 657. The topological polar surface area (TPSA) is 68.5 Å². The van der Waals surface area contributed by atoms with Crippen molar-refractivity contribution in [3.05, 3.63) is 60.1 Å². The molecule has 0 unspecified atom stereocenters. The van der Waals surface area contributed by atoms with Gasteiger partial charge in [0, 0.05) is 11.8 Å². The van der Waals surface area contributed by atoms with Gasteiger partial charge in [-0.05, 0) is 48.9 Å². The predicted molar refractivity (Wildman–Crippen MR) is 88.0 cm³/mol. The molecule has 0 radical (unpaired) electrons. The van der Waals surface area contributed by atoms with E-state index in [4.69, 9.17) is 9.15 Å². The Labute approximate surface area is 134 Å². The second-order valence-corrected chi connectivity index (χ2v) is 4.90. The monoisotopic (exact) mass is 313 g/mol. The molecule has 0 saturated heterocycles. The number of nitrogens with one attached hydrogen (secondary N) is 1. The first kappa shape index (κ1) is 16.5. The first-order valence-corrected chi connectivity index (χ1v) is 7.49. The number of ether oxygens (including phenoxy) is 1. The molecule has 2 rings (SSSR count). The molecule has 23 heavy (non-hydrogen) atoms. The summed E-state index contributed by atoms with van der Waals surface area (Å²) in [5.41, 5.74) is 1.06. The number of anilines is 1. The van der Waals surface area contributed by atoms with Crippen LogP contribution in [0.5, 0.6) is 0 Å². The van der Waals surface area contributed by atoms with Gasteiger partial charge in [0.15, 0.2) is 0 Å². The van der Waals surface area contributed by atoms with Gasteiger partial charge in [-0.2, -0.15) is 0 Å². The van der Waals surface area contributed by atoms with E-state index in [-0.39, 0.29) is 11.9 Å². The van der Waals surface area contributed by atoms with Crippen molar-refractivity contribution in [3.8, 4) is 0 Å². The standard InChI is InChI=1S/C18H19NO4/c1-2-3-12-23-18(21)14-6-8-15(9-7-14)19-17(20)11-10-16-5-4-13-22-16/h4-11,13H,2-3,12H2,1H3,(H,19,20)/b11-10-. The summed E-state index contributed by atoms with van der Waals surface area (Å²) in [7, 11) is 0. The average Bonchev–Trinajstić information content (AvgIpc) is 3.07. The summed E-state index contributed by atoms with van der Waals surface area (Å²) in [6.07, 6.45) is 6.32. The molecule has 2 aromatic rings. The van der Waals surface area contributed by atoms with Gasteiger partial charge < -0.3 is 14.5 Å². The summed E-state index contributed by atoms with van der Waals surface area (Å²) in [6.45, 7) is 2.46. The second-order valence-electron chi connectivity index (χ2n) is 4.90. The zero-order valence-corrected chi connectivity index (χ0v) is 13.0. The molecule has 0 spiro atoms. The molecule has 1 aromatic heterocycles. The maximum Gasteiger partial charge on any atom is 0.338 e. The number of benzene rings is 1. The largest absolute Gasteiger partial charge is 0.465 e. The quantitative estimate of drug-likeness (QED) is 0.478. The summed E-state index contributed by atoms with van der Waals surface area (Å²) in [4.78, 5) is 23.5. The van der Waals surface area contributed by atoms with Gasteiger partial charge >= 0.3 is 5.97 Å². The molecular formula is C18H19NO4. The zero-order chi connectivity index (χ0) is 16.5. The molecule has 0 saturated carbocycles. The summed E-state index contributed by atoms with van der Waals surface area (Å²) < 4.78 is 10.2. The first-order valence-electron chi connectivity index (χ1n) is 7.49. The minimum atomic E-state index is -0.353. The van der Waals surface area contributed by atoms with Crippen LogP contribution in [0.15, 0.2) is 53.2 Å². The summed E-state index contributed by atoms with van der Waals surface area (Å²) >= 11 is 0. The van der Waals surface area contributed by atoms with E-state index >= 15 is 0 Å². The summed E-state index contributed by atoms with van der Waals surface area (Å²) in [5, 5.41) is 2.70. The molecule has 0 aliphatic heterocycles. The van der Waals surface area contributed by atoms with Gasteiger partial charge in [0.1, 0.15) is 5.76 Å². The lowest BCUT2D eigenvalue weighted by atomic mass is 10.2. The van der Waals surface area contributed by atoms with Crippen LogP contribution < -0.4 is 5.32 Å². The average molecular weight is 313 g/mol. The van der Waals surface area contributed by atoms with Crippen molar-refractivity contribution in [3.63, 3.8) is 0 Å². The highest BCUT2D eigenvalue weighted by Crippen LogP contribution is 2.11. The highest BCUT2D eigenvalue weighted by molar-refractivity contribution is 6.02. The predicted octanol–water partition coefficient (Wildman–Crippen LogP) is 3.89. The Hall–Kier alpha value is -2.82. The second kappa shape index (κ2) is 8.58. The van der Waals surface area contributed by atoms with E-state index in [9.17, 15) is 9.59 Å². The molecule has 1 aromatic carbocycles. The van der Waals surface area contributed by atoms with Crippen molar-refractivity contribution in [2.24, 2.45) is 0 Å². The molecule has 5 nitrogen and oxygen atoms in total. The lowest BCUT2D eigenvalue weighted by molar-refractivity contribution is -0.111. The van der Waals surface area contributed by atoms with Crippen LogP contribution in [0.2, 0.25) is 0 Å². The SMILES string of the molecule is CCCCOC(=O)c1ccc(NC(=O)/C=C\c2ccco2)cc1. The number of hydrogen-bond acceptors (Lipinski definition) is 4. The van der Waals surface area contributed by atoms with E-state index in [0.29, 0.717) is 23.6 Å². The summed E-state index contributed by atoms with van der Waals surface area (Å²) in [5.74, 6) is -0.0287. The van der Waals surface area contributed by atoms with Crippen LogP contribution in [0.1, 0.15) is 35.9 Å². The number of unbranched alkanes of at least 4 members (excludes halogenated alkanes) is 1. The van der Waals surface area contributed by atoms with Gasteiger partial charge in [0.05, 0.1) is 18.4 Å². The van der Waals surface area contributed by atoms with Crippen LogP contribution >= 0.6 is 0 Å². The normalized spacial score (nSPS) is 10.7. The first-order chi connectivity index (χ1) is 11.2. The van der Waals surface area contributed by atoms with Crippen LogP contribution in [0.25, 0.3) is 6.08 Å². The third-order valence-corrected chi connectivity index (χ3v) is 3.06. The lowest BCUT2D eigenvalue weighted by Crippen LogP contribution is -2.09.